The van der Waals surface area contributed by atoms with E-state index in [9.17, 15) is 8.78 Å². The second-order valence-electron chi connectivity index (χ2n) is 6.49. The van der Waals surface area contributed by atoms with Crippen molar-refractivity contribution < 1.29 is 8.78 Å². The van der Waals surface area contributed by atoms with Gasteiger partial charge in [-0.25, -0.2) is 8.78 Å². The van der Waals surface area contributed by atoms with E-state index in [0.717, 1.165) is 31.5 Å². The largest absolute Gasteiger partial charge is 0.327 e. The summed E-state index contributed by atoms with van der Waals surface area (Å²) in [6.07, 6.45) is 2.01. The van der Waals surface area contributed by atoms with Crippen LogP contribution in [0.2, 0.25) is 0 Å². The lowest BCUT2D eigenvalue weighted by atomic mass is 9.89. The molecule has 2 atom stereocenters. The van der Waals surface area contributed by atoms with E-state index in [0.29, 0.717) is 12.5 Å². The molecule has 0 bridgehead atoms. The zero-order chi connectivity index (χ0) is 16.2. The predicted octanol–water partition coefficient (Wildman–Crippen LogP) is 3.36. The molecule has 2 N–H and O–H groups in total. The molecule has 122 valence electrons. The van der Waals surface area contributed by atoms with Crippen molar-refractivity contribution in [2.24, 2.45) is 11.7 Å². The molecule has 0 spiro atoms. The predicted molar refractivity (Wildman–Crippen MR) is 87.9 cm³/mol. The van der Waals surface area contributed by atoms with Gasteiger partial charge in [0.25, 0.3) is 0 Å². The highest BCUT2D eigenvalue weighted by molar-refractivity contribution is 5.18. The SMILES string of the molecule is NC1CC(Cc2ccccc2)CN(Cc2ccc(F)c(F)c2)C1. The standard InChI is InChI=1S/C19H22F2N2/c20-18-7-6-15(10-19(18)21)11-23-12-16(9-17(22)13-23)8-14-4-2-1-3-5-14/h1-7,10,16-17H,8-9,11-13,22H2. The summed E-state index contributed by atoms with van der Waals surface area (Å²) >= 11 is 0. The minimum Gasteiger partial charge on any atom is -0.327 e. The normalized spacial score (nSPS) is 22.2. The Labute approximate surface area is 135 Å². The van der Waals surface area contributed by atoms with Gasteiger partial charge in [-0.2, -0.15) is 0 Å². The van der Waals surface area contributed by atoms with E-state index >= 15 is 0 Å². The van der Waals surface area contributed by atoms with Gasteiger partial charge in [-0.1, -0.05) is 36.4 Å². The summed E-state index contributed by atoms with van der Waals surface area (Å²) < 4.78 is 26.4. The van der Waals surface area contributed by atoms with Crippen LogP contribution in [0, 0.1) is 17.6 Å². The van der Waals surface area contributed by atoms with Gasteiger partial charge in [-0.05, 0) is 42.0 Å². The van der Waals surface area contributed by atoms with E-state index in [4.69, 9.17) is 5.73 Å². The molecule has 2 aromatic carbocycles. The Morgan fingerprint density at radius 3 is 2.48 bits per heavy atom. The maximum absolute atomic E-state index is 13.4. The van der Waals surface area contributed by atoms with Crippen LogP contribution in [0.3, 0.4) is 0 Å². The lowest BCUT2D eigenvalue weighted by Gasteiger charge is -2.36. The van der Waals surface area contributed by atoms with Crippen molar-refractivity contribution >= 4 is 0 Å². The third-order valence-electron chi connectivity index (χ3n) is 4.40. The molecule has 1 fully saturated rings. The fourth-order valence-corrected chi connectivity index (χ4v) is 3.47. The fraction of sp³-hybridized carbons (Fsp3) is 0.368. The number of nitrogens with two attached hydrogens (primary N) is 1. The molecular formula is C19H22F2N2. The molecule has 0 amide bonds. The number of likely N-dealkylation sites (tertiary alicyclic amines) is 1. The molecular weight excluding hydrogens is 294 g/mol. The van der Waals surface area contributed by atoms with Gasteiger partial charge in [-0.3, -0.25) is 4.90 Å². The molecule has 23 heavy (non-hydrogen) atoms. The van der Waals surface area contributed by atoms with Gasteiger partial charge in [0.15, 0.2) is 11.6 Å². The van der Waals surface area contributed by atoms with Gasteiger partial charge in [0, 0.05) is 25.7 Å². The molecule has 0 aliphatic carbocycles. The van der Waals surface area contributed by atoms with E-state index in [1.165, 1.54) is 17.7 Å². The highest BCUT2D eigenvalue weighted by atomic mass is 19.2. The Morgan fingerprint density at radius 2 is 1.74 bits per heavy atom. The molecule has 0 saturated carbocycles. The first-order valence-corrected chi connectivity index (χ1v) is 8.06. The Hall–Kier alpha value is -1.78. The third kappa shape index (κ3) is 4.36. The number of hydrogen-bond acceptors (Lipinski definition) is 2. The summed E-state index contributed by atoms with van der Waals surface area (Å²) in [5.41, 5.74) is 8.31. The average molecular weight is 316 g/mol. The van der Waals surface area contributed by atoms with Gasteiger partial charge < -0.3 is 5.73 Å². The minimum absolute atomic E-state index is 0.128. The monoisotopic (exact) mass is 316 g/mol. The number of nitrogens with zero attached hydrogens (tertiary/aromatic N) is 1. The maximum atomic E-state index is 13.4. The zero-order valence-electron chi connectivity index (χ0n) is 13.1. The van der Waals surface area contributed by atoms with E-state index in [2.05, 4.69) is 29.2 Å². The van der Waals surface area contributed by atoms with Gasteiger partial charge in [0.05, 0.1) is 0 Å². The first-order chi connectivity index (χ1) is 11.1. The molecule has 1 aliphatic rings. The quantitative estimate of drug-likeness (QED) is 0.937. The first-order valence-electron chi connectivity index (χ1n) is 8.06. The van der Waals surface area contributed by atoms with Crippen LogP contribution in [-0.2, 0) is 13.0 Å². The number of hydrogen-bond donors (Lipinski definition) is 1. The second-order valence-corrected chi connectivity index (χ2v) is 6.49. The van der Waals surface area contributed by atoms with Crippen LogP contribution in [0.4, 0.5) is 8.78 Å². The lowest BCUT2D eigenvalue weighted by molar-refractivity contribution is 0.149. The number of benzene rings is 2. The summed E-state index contributed by atoms with van der Waals surface area (Å²) in [6, 6.07) is 14.6. The van der Waals surface area contributed by atoms with Crippen LogP contribution >= 0.6 is 0 Å². The number of rotatable bonds is 4. The van der Waals surface area contributed by atoms with Crippen LogP contribution in [0.1, 0.15) is 17.5 Å². The zero-order valence-corrected chi connectivity index (χ0v) is 13.1. The molecule has 2 nitrogen and oxygen atoms in total. The molecule has 2 aromatic rings. The minimum atomic E-state index is -0.800. The van der Waals surface area contributed by atoms with Crippen LogP contribution in [-0.4, -0.2) is 24.0 Å². The van der Waals surface area contributed by atoms with E-state index in [-0.39, 0.29) is 6.04 Å². The van der Waals surface area contributed by atoms with Crippen molar-refractivity contribution in [2.45, 2.75) is 25.4 Å². The molecule has 1 aliphatic heterocycles. The summed E-state index contributed by atoms with van der Waals surface area (Å²) in [5.74, 6) is -1.10. The molecule has 1 heterocycles. The summed E-state index contributed by atoms with van der Waals surface area (Å²) in [4.78, 5) is 2.24. The molecule has 4 heteroatoms. The smallest absolute Gasteiger partial charge is 0.159 e. The summed E-state index contributed by atoms with van der Waals surface area (Å²) in [6.45, 7) is 2.34. The van der Waals surface area contributed by atoms with Crippen molar-refractivity contribution in [3.8, 4) is 0 Å². The van der Waals surface area contributed by atoms with Crippen molar-refractivity contribution in [2.75, 3.05) is 13.1 Å². The Morgan fingerprint density at radius 1 is 0.957 bits per heavy atom. The van der Waals surface area contributed by atoms with E-state index in [1.807, 2.05) is 6.07 Å². The van der Waals surface area contributed by atoms with Crippen molar-refractivity contribution in [1.82, 2.24) is 4.90 Å². The summed E-state index contributed by atoms with van der Waals surface area (Å²) in [5, 5.41) is 0. The van der Waals surface area contributed by atoms with Crippen LogP contribution in [0.15, 0.2) is 48.5 Å². The van der Waals surface area contributed by atoms with Crippen LogP contribution < -0.4 is 5.73 Å². The van der Waals surface area contributed by atoms with Crippen LogP contribution in [0.25, 0.3) is 0 Å². The van der Waals surface area contributed by atoms with Crippen molar-refractivity contribution in [3.63, 3.8) is 0 Å². The third-order valence-corrected chi connectivity index (χ3v) is 4.40. The Balaban J connectivity index is 1.64. The number of piperidine rings is 1. The molecule has 3 rings (SSSR count). The highest BCUT2D eigenvalue weighted by Gasteiger charge is 2.25. The average Bonchev–Trinajstić information content (AvgIpc) is 2.51. The van der Waals surface area contributed by atoms with E-state index < -0.39 is 11.6 Å². The Bertz CT molecular complexity index is 645. The summed E-state index contributed by atoms with van der Waals surface area (Å²) in [7, 11) is 0. The molecule has 0 aromatic heterocycles. The lowest BCUT2D eigenvalue weighted by Crippen LogP contribution is -2.47. The first kappa shape index (κ1) is 16.1. The highest BCUT2D eigenvalue weighted by Crippen LogP contribution is 2.22. The van der Waals surface area contributed by atoms with E-state index in [1.54, 1.807) is 6.07 Å². The van der Waals surface area contributed by atoms with Gasteiger partial charge >= 0.3 is 0 Å². The van der Waals surface area contributed by atoms with Crippen molar-refractivity contribution in [1.29, 1.82) is 0 Å². The van der Waals surface area contributed by atoms with Gasteiger partial charge in [0.1, 0.15) is 0 Å². The van der Waals surface area contributed by atoms with Gasteiger partial charge in [-0.15, -0.1) is 0 Å². The van der Waals surface area contributed by atoms with Crippen molar-refractivity contribution in [3.05, 3.63) is 71.3 Å². The van der Waals surface area contributed by atoms with Crippen LogP contribution in [0.5, 0.6) is 0 Å². The topological polar surface area (TPSA) is 29.3 Å². The Kier molecular flexibility index (Phi) is 5.03. The maximum Gasteiger partial charge on any atom is 0.159 e. The molecule has 2 unspecified atom stereocenters. The fourth-order valence-electron chi connectivity index (χ4n) is 3.47. The molecule has 1 saturated heterocycles. The van der Waals surface area contributed by atoms with Gasteiger partial charge in [0.2, 0.25) is 0 Å². The molecule has 0 radical (unpaired) electrons. The number of halogens is 2. The second kappa shape index (κ2) is 7.20.